The number of rotatable bonds is 11. The molecule has 1 aromatic carbocycles. The highest BCUT2D eigenvalue weighted by molar-refractivity contribution is 6.08. The minimum absolute atomic E-state index is 0.00142. The van der Waals surface area contributed by atoms with Gasteiger partial charge in [0.25, 0.3) is 12.3 Å². The van der Waals surface area contributed by atoms with Crippen LogP contribution in [0.5, 0.6) is 0 Å². The molecule has 316 valence electrons. The summed E-state index contributed by atoms with van der Waals surface area (Å²) in [4.78, 5) is 49.9. The van der Waals surface area contributed by atoms with E-state index in [4.69, 9.17) is 14.8 Å². The number of morpholine rings is 1. The Balaban J connectivity index is 0.741. The fraction of sp³-hybridized carbons (Fsp3) is 0.548. The number of alkyl halides is 2. The summed E-state index contributed by atoms with van der Waals surface area (Å²) in [5.74, 6) is -0.288. The van der Waals surface area contributed by atoms with Crippen molar-refractivity contribution >= 4 is 45.8 Å². The largest absolute Gasteiger partial charge is 0.374 e. The smallest absolute Gasteiger partial charge is 0.284 e. The molecule has 16 nitrogen and oxygen atoms in total. The van der Waals surface area contributed by atoms with E-state index in [-0.39, 0.29) is 41.3 Å². The number of carbonyl (C=O) groups is 3. The SMILES string of the molecule is CN(CC1CCC(n2cc(NC(=O)c3cnn4ccc(N5C[C@H]6C[C@@H]5CO6)nc34)c(C(F)F)n2)CC1)C1CCN(Cc2cccc3c(C4CCC(=O)NC4=O)nn(C)c23)C1. The summed E-state index contributed by atoms with van der Waals surface area (Å²) < 4.78 is 39.4. The number of halogens is 2. The Labute approximate surface area is 345 Å². The number of benzene rings is 1. The number of aryl methyl sites for hydroxylation is 1. The fourth-order valence-corrected chi connectivity index (χ4v) is 10.4. The highest BCUT2D eigenvalue weighted by atomic mass is 19.3. The Morgan fingerprint density at radius 1 is 1.07 bits per heavy atom. The number of piperidine rings is 1. The number of imide groups is 1. The lowest BCUT2D eigenvalue weighted by Gasteiger charge is -2.33. The van der Waals surface area contributed by atoms with Crippen LogP contribution in [0.4, 0.5) is 20.3 Å². The molecule has 10 rings (SSSR count). The summed E-state index contributed by atoms with van der Waals surface area (Å²) in [6, 6.07) is 8.68. The van der Waals surface area contributed by atoms with Crippen molar-refractivity contribution in [1.29, 1.82) is 0 Å². The van der Waals surface area contributed by atoms with Gasteiger partial charge in [-0.05, 0) is 69.5 Å². The van der Waals surface area contributed by atoms with Crippen molar-refractivity contribution in [2.24, 2.45) is 13.0 Å². The predicted octanol–water partition coefficient (Wildman–Crippen LogP) is 4.44. The fourth-order valence-electron chi connectivity index (χ4n) is 10.4. The van der Waals surface area contributed by atoms with Crippen molar-refractivity contribution in [2.45, 2.75) is 94.5 Å². The zero-order valence-corrected chi connectivity index (χ0v) is 33.8. The van der Waals surface area contributed by atoms with Crippen molar-refractivity contribution in [1.82, 2.24) is 49.3 Å². The van der Waals surface area contributed by atoms with Gasteiger partial charge in [0, 0.05) is 70.0 Å². The second-order valence-electron chi connectivity index (χ2n) is 17.4. The minimum atomic E-state index is -2.86. The third-order valence-electron chi connectivity index (χ3n) is 13.6. The molecule has 3 amide bonds. The first-order chi connectivity index (χ1) is 29.1. The number of likely N-dealkylation sites (N-methyl/N-ethyl adjacent to an activating group) is 1. The quantitative estimate of drug-likeness (QED) is 0.182. The molecule has 4 atom stereocenters. The number of hydrogen-bond donors (Lipinski definition) is 2. The molecule has 2 bridgehead atoms. The van der Waals surface area contributed by atoms with E-state index in [1.807, 2.05) is 29.9 Å². The maximum Gasteiger partial charge on any atom is 0.284 e. The Morgan fingerprint density at radius 3 is 2.68 bits per heavy atom. The summed E-state index contributed by atoms with van der Waals surface area (Å²) in [6.07, 6.45) is 8.38. The Bertz CT molecular complexity index is 2460. The molecule has 60 heavy (non-hydrogen) atoms. The number of ether oxygens (including phenoxy) is 1. The van der Waals surface area contributed by atoms with Crippen LogP contribution in [-0.4, -0.2) is 120 Å². The Hall–Kier alpha value is -5.33. The topological polar surface area (TPSA) is 160 Å². The number of para-hydroxylation sites is 1. The molecule has 2 unspecified atom stereocenters. The molecule has 4 aromatic heterocycles. The molecule has 4 aliphatic heterocycles. The minimum Gasteiger partial charge on any atom is -0.374 e. The van der Waals surface area contributed by atoms with E-state index in [2.05, 4.69) is 48.6 Å². The normalized spacial score (nSPS) is 26.1. The molecule has 5 fully saturated rings. The van der Waals surface area contributed by atoms with Gasteiger partial charge < -0.3 is 19.9 Å². The van der Waals surface area contributed by atoms with Gasteiger partial charge >= 0.3 is 0 Å². The molecule has 8 heterocycles. The number of hydrogen-bond acceptors (Lipinski definition) is 11. The van der Waals surface area contributed by atoms with Crippen LogP contribution in [0.2, 0.25) is 0 Å². The van der Waals surface area contributed by atoms with Gasteiger partial charge in [0.05, 0.1) is 53.8 Å². The second-order valence-corrected chi connectivity index (χ2v) is 17.4. The lowest BCUT2D eigenvalue weighted by Crippen LogP contribution is -2.39. The highest BCUT2D eigenvalue weighted by Crippen LogP contribution is 2.37. The van der Waals surface area contributed by atoms with E-state index >= 15 is 0 Å². The molecule has 0 radical (unpaired) electrons. The van der Waals surface area contributed by atoms with Crippen molar-refractivity contribution in [3.63, 3.8) is 0 Å². The second kappa shape index (κ2) is 15.6. The van der Waals surface area contributed by atoms with Crippen LogP contribution in [0.15, 0.2) is 42.9 Å². The molecular formula is C42H50F2N12O4. The number of aromatic nitrogens is 7. The zero-order chi connectivity index (χ0) is 41.2. The first-order valence-electron chi connectivity index (χ1n) is 21.2. The van der Waals surface area contributed by atoms with Gasteiger partial charge in [0.15, 0.2) is 11.3 Å². The Kier molecular flexibility index (Phi) is 10.1. The predicted molar refractivity (Wildman–Crippen MR) is 217 cm³/mol. The van der Waals surface area contributed by atoms with E-state index in [9.17, 15) is 23.2 Å². The van der Waals surface area contributed by atoms with Gasteiger partial charge in [-0.2, -0.15) is 15.3 Å². The van der Waals surface area contributed by atoms with Gasteiger partial charge in [-0.1, -0.05) is 18.2 Å². The summed E-state index contributed by atoms with van der Waals surface area (Å²) in [5.41, 5.74) is 3.04. The first kappa shape index (κ1) is 38.8. The highest BCUT2D eigenvalue weighted by Gasteiger charge is 2.40. The number of nitrogens with one attached hydrogen (secondary N) is 2. The molecule has 0 spiro atoms. The van der Waals surface area contributed by atoms with E-state index in [1.54, 1.807) is 17.1 Å². The summed E-state index contributed by atoms with van der Waals surface area (Å²) >= 11 is 0. The van der Waals surface area contributed by atoms with Gasteiger partial charge in [-0.25, -0.2) is 18.3 Å². The van der Waals surface area contributed by atoms with Gasteiger partial charge in [-0.3, -0.25) is 34.0 Å². The maximum absolute atomic E-state index is 14.3. The number of anilines is 2. The zero-order valence-electron chi connectivity index (χ0n) is 33.8. The monoisotopic (exact) mass is 824 g/mol. The van der Waals surface area contributed by atoms with Crippen molar-refractivity contribution < 1.29 is 27.9 Å². The van der Waals surface area contributed by atoms with E-state index < -0.39 is 23.9 Å². The van der Waals surface area contributed by atoms with Crippen LogP contribution >= 0.6 is 0 Å². The molecule has 5 aromatic rings. The number of fused-ring (bicyclic) bond motifs is 4. The van der Waals surface area contributed by atoms with E-state index in [1.165, 1.54) is 16.3 Å². The van der Waals surface area contributed by atoms with Crippen LogP contribution < -0.4 is 15.5 Å². The molecule has 1 aliphatic carbocycles. The maximum atomic E-state index is 14.3. The van der Waals surface area contributed by atoms with Crippen LogP contribution in [0.3, 0.4) is 0 Å². The average Bonchev–Trinajstić information content (AvgIpc) is 4.10. The number of likely N-dealkylation sites (tertiary alicyclic amines) is 1. The van der Waals surface area contributed by atoms with Gasteiger partial charge in [0.2, 0.25) is 11.8 Å². The number of carbonyl (C=O) groups excluding carboxylic acids is 3. The standard InChI is InChI=1S/C42H50F2N12O4/c1-51(27-12-14-53(20-27)19-25-4-3-5-30-36(49-52(2)38(25)30)31-10-11-35(57)48-41(31)58)18-24-6-8-26(9-7-24)56-22-33(37(50-56)39(43)44)46-42(59)32-17-45-55-15-13-34(47-40(32)55)54-21-29-16-28(54)23-60-29/h3-5,13,15,17,22,24,26-29,31,39H,6-12,14,16,18-21,23H2,1-2H3,(H,46,59)(H,48,57,58)/t24?,26?,27?,28-,29-,31?/m1/s1. The number of amides is 3. The van der Waals surface area contributed by atoms with E-state index in [0.29, 0.717) is 37.1 Å². The molecule has 1 saturated carbocycles. The van der Waals surface area contributed by atoms with Crippen molar-refractivity contribution in [3.8, 4) is 0 Å². The number of nitrogens with zero attached hydrogens (tertiary/aromatic N) is 10. The molecule has 2 N–H and O–H groups in total. The first-order valence-corrected chi connectivity index (χ1v) is 21.2. The van der Waals surface area contributed by atoms with Gasteiger partial charge in [0.1, 0.15) is 11.4 Å². The van der Waals surface area contributed by atoms with Crippen molar-refractivity contribution in [2.75, 3.05) is 50.1 Å². The van der Waals surface area contributed by atoms with Crippen LogP contribution in [-0.2, 0) is 27.9 Å². The third-order valence-corrected chi connectivity index (χ3v) is 13.6. The lowest BCUT2D eigenvalue weighted by molar-refractivity contribution is -0.134. The molecule has 4 saturated heterocycles. The molecular weight excluding hydrogens is 775 g/mol. The van der Waals surface area contributed by atoms with Crippen LogP contribution in [0.1, 0.15) is 97.1 Å². The van der Waals surface area contributed by atoms with Gasteiger partial charge in [-0.15, -0.1) is 0 Å². The summed E-state index contributed by atoms with van der Waals surface area (Å²) in [5, 5.41) is 19.5. The third kappa shape index (κ3) is 7.21. The van der Waals surface area contributed by atoms with Crippen LogP contribution in [0, 0.1) is 5.92 Å². The van der Waals surface area contributed by atoms with E-state index in [0.717, 1.165) is 93.7 Å². The lowest BCUT2D eigenvalue weighted by atomic mass is 9.85. The Morgan fingerprint density at radius 2 is 1.92 bits per heavy atom. The van der Waals surface area contributed by atoms with Crippen molar-refractivity contribution in [3.05, 3.63) is 65.4 Å². The molecule has 18 heteroatoms. The average molecular weight is 825 g/mol. The summed E-state index contributed by atoms with van der Waals surface area (Å²) in [6.45, 7) is 5.05. The molecule has 5 aliphatic rings. The summed E-state index contributed by atoms with van der Waals surface area (Å²) in [7, 11) is 4.12. The van der Waals surface area contributed by atoms with Crippen LogP contribution in [0.25, 0.3) is 16.6 Å².